The van der Waals surface area contributed by atoms with E-state index in [1.165, 1.54) is 12.3 Å². The van der Waals surface area contributed by atoms with Crippen LogP contribution in [0.15, 0.2) is 23.1 Å². The molecule has 0 atom stereocenters. The Labute approximate surface area is 104 Å². The number of hydrogen-bond donors (Lipinski definition) is 1. The normalized spacial score (nSPS) is 16.9. The number of halogens is 3. The van der Waals surface area contributed by atoms with E-state index in [9.17, 15) is 13.6 Å². The number of alkyl halides is 2. The van der Waals surface area contributed by atoms with Crippen molar-refractivity contribution in [1.29, 1.82) is 0 Å². The van der Waals surface area contributed by atoms with E-state index in [-0.39, 0.29) is 12.4 Å². The van der Waals surface area contributed by atoms with Gasteiger partial charge in [0.2, 0.25) is 0 Å². The highest BCUT2D eigenvalue weighted by atomic mass is 35.5. The lowest BCUT2D eigenvalue weighted by Gasteiger charge is -2.22. The van der Waals surface area contributed by atoms with Crippen LogP contribution in [0.5, 0.6) is 0 Å². The molecule has 17 heavy (non-hydrogen) atoms. The van der Waals surface area contributed by atoms with Crippen molar-refractivity contribution >= 4 is 12.4 Å². The summed E-state index contributed by atoms with van der Waals surface area (Å²) in [6, 6.07) is 2.96. The monoisotopic (exact) mass is 264 g/mol. The Morgan fingerprint density at radius 3 is 2.53 bits per heavy atom. The van der Waals surface area contributed by atoms with Crippen LogP contribution in [0.25, 0.3) is 0 Å². The summed E-state index contributed by atoms with van der Waals surface area (Å²) in [5.74, 6) is 0.321. The van der Waals surface area contributed by atoms with Gasteiger partial charge in [0.25, 0.3) is 5.56 Å². The summed E-state index contributed by atoms with van der Waals surface area (Å²) < 4.78 is 25.2. The topological polar surface area (TPSA) is 34.0 Å². The molecule has 0 aromatic carbocycles. The zero-order valence-corrected chi connectivity index (χ0v) is 10.1. The Morgan fingerprint density at radius 1 is 1.35 bits per heavy atom. The molecule has 0 saturated carbocycles. The van der Waals surface area contributed by atoms with Crippen molar-refractivity contribution in [3.05, 3.63) is 34.2 Å². The van der Waals surface area contributed by atoms with E-state index < -0.39 is 12.1 Å². The number of nitrogens with zero attached hydrogens (tertiary/aromatic N) is 1. The minimum absolute atomic E-state index is 0. The predicted molar refractivity (Wildman–Crippen MR) is 64.0 cm³/mol. The molecule has 1 N–H and O–H groups in total. The van der Waals surface area contributed by atoms with Crippen molar-refractivity contribution < 1.29 is 8.78 Å². The van der Waals surface area contributed by atoms with Crippen LogP contribution in [0.1, 0.15) is 30.9 Å². The van der Waals surface area contributed by atoms with Crippen LogP contribution in [0.2, 0.25) is 0 Å². The minimum atomic E-state index is -2.76. The maximum atomic E-state index is 12.4. The fourth-order valence-electron chi connectivity index (χ4n) is 2.08. The Balaban J connectivity index is 0.00000144. The van der Waals surface area contributed by atoms with Crippen molar-refractivity contribution in [2.75, 3.05) is 13.1 Å². The molecule has 0 radical (unpaired) electrons. The number of pyridine rings is 1. The van der Waals surface area contributed by atoms with Gasteiger partial charge in [0.05, 0.1) is 0 Å². The van der Waals surface area contributed by atoms with Gasteiger partial charge in [0.15, 0.2) is 0 Å². The second-order valence-electron chi connectivity index (χ2n) is 4.01. The van der Waals surface area contributed by atoms with Crippen LogP contribution in [-0.2, 0) is 0 Å². The smallest absolute Gasteiger partial charge is 0.317 e. The second kappa shape index (κ2) is 6.12. The number of aromatic nitrogens is 1. The number of rotatable bonds is 2. The highest BCUT2D eigenvalue weighted by Crippen LogP contribution is 2.24. The molecule has 0 bridgehead atoms. The highest BCUT2D eigenvalue weighted by Gasteiger charge is 2.16. The molecule has 1 saturated heterocycles. The zero-order chi connectivity index (χ0) is 11.5. The van der Waals surface area contributed by atoms with Crippen molar-refractivity contribution in [2.24, 2.45) is 0 Å². The third-order valence-electron chi connectivity index (χ3n) is 2.99. The first-order chi connectivity index (χ1) is 7.68. The van der Waals surface area contributed by atoms with Gasteiger partial charge in [-0.15, -0.1) is 12.4 Å². The standard InChI is InChI=1S/C11H14F2N2O.ClH/c12-11(13)15-6-3-9(7-10(15)16)8-1-4-14-5-2-8;/h3,6-8,11,14H,1-2,4-5H2;1H. The molecular formula is C11H15ClF2N2O. The van der Waals surface area contributed by atoms with Crippen LogP contribution < -0.4 is 10.9 Å². The van der Waals surface area contributed by atoms with Crippen LogP contribution in [0.3, 0.4) is 0 Å². The molecule has 1 aromatic heterocycles. The molecule has 0 unspecified atom stereocenters. The van der Waals surface area contributed by atoms with E-state index in [0.29, 0.717) is 10.5 Å². The van der Waals surface area contributed by atoms with Gasteiger partial charge in [-0.1, -0.05) is 0 Å². The third kappa shape index (κ3) is 3.26. The summed E-state index contributed by atoms with van der Waals surface area (Å²) in [6.45, 7) is -0.917. The largest absolute Gasteiger partial charge is 0.321 e. The second-order valence-corrected chi connectivity index (χ2v) is 4.01. The van der Waals surface area contributed by atoms with Gasteiger partial charge in [-0.25, -0.2) is 0 Å². The average molecular weight is 265 g/mol. The molecule has 6 heteroatoms. The maximum Gasteiger partial charge on any atom is 0.321 e. The molecule has 3 nitrogen and oxygen atoms in total. The number of nitrogens with one attached hydrogen (secondary N) is 1. The average Bonchev–Trinajstić information content (AvgIpc) is 2.29. The quantitative estimate of drug-likeness (QED) is 0.888. The van der Waals surface area contributed by atoms with E-state index in [4.69, 9.17) is 0 Å². The Kier molecular flexibility index (Phi) is 5.08. The lowest BCUT2D eigenvalue weighted by atomic mass is 9.91. The molecule has 1 aliphatic heterocycles. The van der Waals surface area contributed by atoms with Gasteiger partial charge in [0.1, 0.15) is 0 Å². The van der Waals surface area contributed by atoms with Crippen LogP contribution in [0, 0.1) is 0 Å². The predicted octanol–water partition coefficient (Wildman–Crippen LogP) is 2.13. The highest BCUT2D eigenvalue weighted by molar-refractivity contribution is 5.85. The van der Waals surface area contributed by atoms with Gasteiger partial charge in [-0.2, -0.15) is 8.78 Å². The molecule has 0 amide bonds. The van der Waals surface area contributed by atoms with Crippen LogP contribution >= 0.6 is 12.4 Å². The summed E-state index contributed by atoms with van der Waals surface area (Å²) >= 11 is 0. The summed E-state index contributed by atoms with van der Waals surface area (Å²) in [7, 11) is 0. The molecule has 0 aliphatic carbocycles. The fraction of sp³-hybridized carbons (Fsp3) is 0.545. The molecule has 1 aliphatic rings. The Morgan fingerprint density at radius 2 is 2.00 bits per heavy atom. The molecule has 1 aromatic rings. The lowest BCUT2D eigenvalue weighted by molar-refractivity contribution is 0.0662. The van der Waals surface area contributed by atoms with Gasteiger partial charge in [-0.3, -0.25) is 9.36 Å². The SMILES string of the molecule is Cl.O=c1cc(C2CCNCC2)ccn1C(F)F. The summed E-state index contributed by atoms with van der Waals surface area (Å²) in [5.41, 5.74) is 0.259. The zero-order valence-electron chi connectivity index (χ0n) is 9.23. The molecule has 96 valence electrons. The van der Waals surface area contributed by atoms with Crippen molar-refractivity contribution in [2.45, 2.75) is 25.3 Å². The Bertz CT molecular complexity index is 416. The maximum absolute atomic E-state index is 12.4. The number of piperidine rings is 1. The third-order valence-corrected chi connectivity index (χ3v) is 2.99. The summed E-state index contributed by atoms with van der Waals surface area (Å²) in [4.78, 5) is 11.4. The fourth-order valence-corrected chi connectivity index (χ4v) is 2.08. The summed E-state index contributed by atoms with van der Waals surface area (Å²) in [5, 5.41) is 3.23. The molecule has 0 spiro atoms. The van der Waals surface area contributed by atoms with Crippen molar-refractivity contribution in [3.63, 3.8) is 0 Å². The van der Waals surface area contributed by atoms with Gasteiger partial charge >= 0.3 is 6.55 Å². The first kappa shape index (κ1) is 14.1. The van der Waals surface area contributed by atoms with Crippen molar-refractivity contribution in [3.8, 4) is 0 Å². The van der Waals surface area contributed by atoms with Crippen LogP contribution in [-0.4, -0.2) is 17.7 Å². The minimum Gasteiger partial charge on any atom is -0.317 e. The van der Waals surface area contributed by atoms with E-state index in [1.54, 1.807) is 6.07 Å². The van der Waals surface area contributed by atoms with Crippen LogP contribution in [0.4, 0.5) is 8.78 Å². The van der Waals surface area contributed by atoms with E-state index >= 15 is 0 Å². The molecule has 1 fully saturated rings. The van der Waals surface area contributed by atoms with Crippen molar-refractivity contribution in [1.82, 2.24) is 9.88 Å². The van der Waals surface area contributed by atoms with E-state index in [2.05, 4.69) is 5.32 Å². The molecule has 2 rings (SSSR count). The first-order valence-electron chi connectivity index (χ1n) is 5.39. The lowest BCUT2D eigenvalue weighted by Crippen LogP contribution is -2.28. The van der Waals surface area contributed by atoms with E-state index in [1.807, 2.05) is 0 Å². The van der Waals surface area contributed by atoms with Gasteiger partial charge in [-0.05, 0) is 43.5 Å². The van der Waals surface area contributed by atoms with Gasteiger partial charge in [0, 0.05) is 12.3 Å². The van der Waals surface area contributed by atoms with E-state index in [0.717, 1.165) is 31.5 Å². The Hall–Kier alpha value is -0.940. The van der Waals surface area contributed by atoms with Gasteiger partial charge < -0.3 is 5.32 Å². The summed E-state index contributed by atoms with van der Waals surface area (Å²) in [6.07, 6.45) is 3.10. The number of hydrogen-bond acceptors (Lipinski definition) is 2. The molecule has 2 heterocycles. The first-order valence-corrected chi connectivity index (χ1v) is 5.39. The molecular weight excluding hydrogens is 250 g/mol.